The fourth-order valence-electron chi connectivity index (χ4n) is 5.23. The maximum atomic E-state index is 3.46. The third-order valence-electron chi connectivity index (χ3n) is 6.95. The van der Waals surface area contributed by atoms with Crippen molar-refractivity contribution in [3.8, 4) is 0 Å². The molecule has 2 aliphatic rings. The summed E-state index contributed by atoms with van der Waals surface area (Å²) in [5.74, 6) is 3.36. The molecule has 2 heterocycles. The van der Waals surface area contributed by atoms with Crippen LogP contribution in [0.5, 0.6) is 0 Å². The van der Waals surface area contributed by atoms with Crippen molar-refractivity contribution < 1.29 is 0 Å². The van der Waals surface area contributed by atoms with Crippen LogP contribution >= 0.6 is 0 Å². The lowest BCUT2D eigenvalue weighted by Gasteiger charge is -2.26. The topological polar surface area (TPSA) is 21.8 Å². The van der Waals surface area contributed by atoms with Crippen LogP contribution < -0.4 is 5.32 Å². The van der Waals surface area contributed by atoms with E-state index in [9.17, 15) is 0 Å². The zero-order chi connectivity index (χ0) is 22.3. The first kappa shape index (κ1) is 26.9. The standard InChI is InChI=1S/C13H28N2.C12H26N2/c1-10(2)7-12-8-15(11(3)4)9-13(12)14(5)6;1-9(2)6-11-7-14(10(3)4)8-12(11)13-5/h10-13H,7-9H2,1-6H3;9-13H,6-8H2,1-5H3/t12-,13+;11-,12-/m00/s1. The van der Waals surface area contributed by atoms with Gasteiger partial charge in [-0.1, -0.05) is 27.7 Å². The summed E-state index contributed by atoms with van der Waals surface area (Å²) in [4.78, 5) is 7.63. The number of likely N-dealkylation sites (N-methyl/N-ethyl adjacent to an activating group) is 2. The van der Waals surface area contributed by atoms with Crippen molar-refractivity contribution >= 4 is 0 Å². The van der Waals surface area contributed by atoms with Crippen LogP contribution in [0.2, 0.25) is 0 Å². The number of hydrogen-bond donors (Lipinski definition) is 1. The molecule has 4 atom stereocenters. The maximum Gasteiger partial charge on any atom is 0.0257 e. The lowest BCUT2D eigenvalue weighted by atomic mass is 9.92. The smallest absolute Gasteiger partial charge is 0.0257 e. The average molecular weight is 411 g/mol. The van der Waals surface area contributed by atoms with Crippen molar-refractivity contribution in [2.24, 2.45) is 23.7 Å². The molecule has 0 bridgehead atoms. The summed E-state index contributed by atoms with van der Waals surface area (Å²) in [6, 6.07) is 2.86. The molecule has 0 radical (unpaired) electrons. The fourth-order valence-corrected chi connectivity index (χ4v) is 5.23. The molecular weight excluding hydrogens is 356 g/mol. The molecule has 0 aromatic rings. The summed E-state index contributed by atoms with van der Waals surface area (Å²) < 4.78 is 0. The molecular formula is C25H54N4. The summed E-state index contributed by atoms with van der Waals surface area (Å²) in [6.45, 7) is 23.6. The minimum atomic E-state index is 0.697. The van der Waals surface area contributed by atoms with Crippen LogP contribution in [-0.4, -0.2) is 86.2 Å². The Kier molecular flexibility index (Phi) is 11.7. The molecule has 174 valence electrons. The lowest BCUT2D eigenvalue weighted by Crippen LogP contribution is -2.36. The zero-order valence-corrected chi connectivity index (χ0v) is 21.7. The first-order valence-electron chi connectivity index (χ1n) is 12.3. The number of hydrogen-bond acceptors (Lipinski definition) is 4. The molecule has 2 fully saturated rings. The largest absolute Gasteiger partial charge is 0.315 e. The predicted molar refractivity (Wildman–Crippen MR) is 130 cm³/mol. The second-order valence-corrected chi connectivity index (χ2v) is 11.3. The highest BCUT2D eigenvalue weighted by Crippen LogP contribution is 2.28. The fraction of sp³-hybridized carbons (Fsp3) is 1.00. The quantitative estimate of drug-likeness (QED) is 0.645. The Hall–Kier alpha value is -0.160. The van der Waals surface area contributed by atoms with E-state index in [-0.39, 0.29) is 0 Å². The van der Waals surface area contributed by atoms with E-state index in [0.717, 1.165) is 29.7 Å². The van der Waals surface area contributed by atoms with E-state index in [0.29, 0.717) is 18.1 Å². The summed E-state index contributed by atoms with van der Waals surface area (Å²) in [5.41, 5.74) is 0. The highest BCUT2D eigenvalue weighted by molar-refractivity contribution is 4.91. The van der Waals surface area contributed by atoms with Gasteiger partial charge in [0.25, 0.3) is 0 Å². The van der Waals surface area contributed by atoms with Crippen LogP contribution in [0, 0.1) is 23.7 Å². The van der Waals surface area contributed by atoms with Gasteiger partial charge in [-0.3, -0.25) is 9.80 Å². The molecule has 0 unspecified atom stereocenters. The lowest BCUT2D eigenvalue weighted by molar-refractivity contribution is 0.224. The Labute approximate surface area is 183 Å². The summed E-state index contributed by atoms with van der Waals surface area (Å²) >= 11 is 0. The molecule has 0 aliphatic carbocycles. The van der Waals surface area contributed by atoms with E-state index >= 15 is 0 Å². The van der Waals surface area contributed by atoms with Crippen molar-refractivity contribution in [3.05, 3.63) is 0 Å². The van der Waals surface area contributed by atoms with E-state index < -0.39 is 0 Å². The molecule has 0 spiro atoms. The van der Waals surface area contributed by atoms with E-state index in [2.05, 4.69) is 96.5 Å². The van der Waals surface area contributed by atoms with Crippen molar-refractivity contribution in [1.82, 2.24) is 20.0 Å². The number of nitrogens with one attached hydrogen (secondary N) is 1. The number of likely N-dealkylation sites (tertiary alicyclic amines) is 2. The Balaban J connectivity index is 0.000000291. The minimum absolute atomic E-state index is 0.697. The molecule has 4 heteroatoms. The maximum absolute atomic E-state index is 3.46. The Morgan fingerprint density at radius 3 is 1.59 bits per heavy atom. The van der Waals surface area contributed by atoms with Gasteiger partial charge in [0, 0.05) is 50.3 Å². The first-order valence-corrected chi connectivity index (χ1v) is 12.3. The number of rotatable bonds is 8. The second kappa shape index (κ2) is 12.6. The second-order valence-electron chi connectivity index (χ2n) is 11.3. The molecule has 1 N–H and O–H groups in total. The third-order valence-corrected chi connectivity index (χ3v) is 6.95. The predicted octanol–water partition coefficient (Wildman–Crippen LogP) is 4.26. The van der Waals surface area contributed by atoms with Crippen LogP contribution in [0.15, 0.2) is 0 Å². The van der Waals surface area contributed by atoms with Gasteiger partial charge >= 0.3 is 0 Å². The van der Waals surface area contributed by atoms with E-state index in [1.165, 1.54) is 39.0 Å². The SMILES string of the molecule is CC(C)C[C@H]1CN(C(C)C)C[C@H]1N(C)C.CN[C@H]1CN(C(C)C)C[C@@H]1CC(C)C. The van der Waals surface area contributed by atoms with Gasteiger partial charge in [0.15, 0.2) is 0 Å². The minimum Gasteiger partial charge on any atom is -0.315 e. The van der Waals surface area contributed by atoms with Crippen molar-refractivity contribution in [2.75, 3.05) is 47.3 Å². The van der Waals surface area contributed by atoms with Gasteiger partial charge in [-0.15, -0.1) is 0 Å². The summed E-state index contributed by atoms with van der Waals surface area (Å²) in [6.07, 6.45) is 2.72. The van der Waals surface area contributed by atoms with Crippen molar-refractivity contribution in [1.29, 1.82) is 0 Å². The Morgan fingerprint density at radius 2 is 1.17 bits per heavy atom. The van der Waals surface area contributed by atoms with E-state index in [1.807, 2.05) is 0 Å². The molecule has 2 aliphatic heterocycles. The van der Waals surface area contributed by atoms with Gasteiger partial charge in [-0.25, -0.2) is 0 Å². The van der Waals surface area contributed by atoms with Crippen LogP contribution in [0.25, 0.3) is 0 Å². The highest BCUT2D eigenvalue weighted by atomic mass is 15.3. The Morgan fingerprint density at radius 1 is 0.724 bits per heavy atom. The van der Waals surface area contributed by atoms with Gasteiger partial charge < -0.3 is 10.2 Å². The molecule has 0 saturated carbocycles. The molecule has 29 heavy (non-hydrogen) atoms. The van der Waals surface area contributed by atoms with Gasteiger partial charge in [-0.05, 0) is 85.4 Å². The first-order chi connectivity index (χ1) is 13.5. The average Bonchev–Trinajstić information content (AvgIpc) is 3.18. The van der Waals surface area contributed by atoms with E-state index in [4.69, 9.17) is 0 Å². The molecule has 2 saturated heterocycles. The monoisotopic (exact) mass is 410 g/mol. The van der Waals surface area contributed by atoms with Gasteiger partial charge in [-0.2, -0.15) is 0 Å². The third kappa shape index (κ3) is 8.85. The molecule has 0 aromatic carbocycles. The molecule has 2 rings (SSSR count). The normalized spacial score (nSPS) is 29.0. The van der Waals surface area contributed by atoms with Gasteiger partial charge in [0.1, 0.15) is 0 Å². The zero-order valence-electron chi connectivity index (χ0n) is 21.7. The van der Waals surface area contributed by atoms with Crippen LogP contribution in [0.4, 0.5) is 0 Å². The van der Waals surface area contributed by atoms with Crippen molar-refractivity contribution in [3.63, 3.8) is 0 Å². The van der Waals surface area contributed by atoms with Crippen LogP contribution in [-0.2, 0) is 0 Å². The highest BCUT2D eigenvalue weighted by Gasteiger charge is 2.35. The van der Waals surface area contributed by atoms with Gasteiger partial charge in [0.05, 0.1) is 0 Å². The van der Waals surface area contributed by atoms with E-state index in [1.54, 1.807) is 0 Å². The summed E-state index contributed by atoms with van der Waals surface area (Å²) in [7, 11) is 6.55. The summed E-state index contributed by atoms with van der Waals surface area (Å²) in [5, 5.41) is 3.46. The molecule has 0 aromatic heterocycles. The molecule has 4 nitrogen and oxygen atoms in total. The van der Waals surface area contributed by atoms with Crippen LogP contribution in [0.3, 0.4) is 0 Å². The number of nitrogens with zero attached hydrogens (tertiary/aromatic N) is 3. The van der Waals surface area contributed by atoms with Crippen LogP contribution in [0.1, 0.15) is 68.2 Å². The molecule has 0 amide bonds. The van der Waals surface area contributed by atoms with Gasteiger partial charge in [0.2, 0.25) is 0 Å². The van der Waals surface area contributed by atoms with Crippen molar-refractivity contribution in [2.45, 2.75) is 92.4 Å². The Bertz CT molecular complexity index is 433.